The standard InChI is InChI=1S/C14H21BrN4S/c1-5-16-11(12-6-10(4)14(15)20-12)7-13-17-8-18-19(13)9(2)3/h6,8-9,11,16H,5,7H2,1-4H3. The summed E-state index contributed by atoms with van der Waals surface area (Å²) in [6, 6.07) is 2.88. The largest absolute Gasteiger partial charge is 0.309 e. The number of halogens is 1. The van der Waals surface area contributed by atoms with Gasteiger partial charge in [-0.25, -0.2) is 9.67 Å². The highest BCUT2D eigenvalue weighted by Crippen LogP contribution is 2.32. The summed E-state index contributed by atoms with van der Waals surface area (Å²) in [4.78, 5) is 5.76. The number of likely N-dealkylation sites (N-methyl/N-ethyl adjacent to an activating group) is 1. The molecule has 0 aliphatic rings. The van der Waals surface area contributed by atoms with E-state index in [4.69, 9.17) is 0 Å². The molecule has 2 rings (SSSR count). The van der Waals surface area contributed by atoms with Crippen molar-refractivity contribution < 1.29 is 0 Å². The molecule has 1 unspecified atom stereocenters. The highest BCUT2D eigenvalue weighted by molar-refractivity contribution is 9.11. The summed E-state index contributed by atoms with van der Waals surface area (Å²) in [5.41, 5.74) is 1.29. The second kappa shape index (κ2) is 6.83. The third-order valence-corrected chi connectivity index (χ3v) is 5.44. The summed E-state index contributed by atoms with van der Waals surface area (Å²) in [7, 11) is 0. The smallest absolute Gasteiger partial charge is 0.138 e. The zero-order valence-electron chi connectivity index (χ0n) is 12.4. The van der Waals surface area contributed by atoms with Gasteiger partial charge < -0.3 is 5.32 Å². The zero-order valence-corrected chi connectivity index (χ0v) is 14.8. The van der Waals surface area contributed by atoms with E-state index in [9.17, 15) is 0 Å². The number of aryl methyl sites for hydroxylation is 1. The Bertz CT molecular complexity index is 542. The summed E-state index contributed by atoms with van der Waals surface area (Å²) in [6.45, 7) is 9.47. The number of thiophene rings is 1. The Labute approximate surface area is 132 Å². The summed E-state index contributed by atoms with van der Waals surface area (Å²) < 4.78 is 3.21. The van der Waals surface area contributed by atoms with Crippen molar-refractivity contribution in [2.75, 3.05) is 6.54 Å². The molecule has 0 aliphatic heterocycles. The van der Waals surface area contributed by atoms with Crippen LogP contribution < -0.4 is 5.32 Å². The molecule has 2 aromatic rings. The number of hydrogen-bond donors (Lipinski definition) is 1. The van der Waals surface area contributed by atoms with Crippen molar-refractivity contribution in [3.8, 4) is 0 Å². The van der Waals surface area contributed by atoms with Crippen molar-refractivity contribution in [1.82, 2.24) is 20.1 Å². The maximum Gasteiger partial charge on any atom is 0.138 e. The lowest BCUT2D eigenvalue weighted by molar-refractivity contribution is 0.471. The van der Waals surface area contributed by atoms with Crippen molar-refractivity contribution in [3.63, 3.8) is 0 Å². The second-order valence-corrected chi connectivity index (χ2v) is 7.54. The Kier molecular flexibility index (Phi) is 5.35. The van der Waals surface area contributed by atoms with Crippen LogP contribution in [-0.2, 0) is 6.42 Å². The summed E-state index contributed by atoms with van der Waals surface area (Å²) >= 11 is 5.40. The first-order valence-corrected chi connectivity index (χ1v) is 8.51. The molecule has 6 heteroatoms. The van der Waals surface area contributed by atoms with E-state index in [1.807, 2.05) is 4.68 Å². The third-order valence-electron chi connectivity index (χ3n) is 3.19. The zero-order chi connectivity index (χ0) is 14.7. The highest BCUT2D eigenvalue weighted by Gasteiger charge is 2.18. The quantitative estimate of drug-likeness (QED) is 0.853. The van der Waals surface area contributed by atoms with Gasteiger partial charge in [0.25, 0.3) is 0 Å². The molecule has 1 atom stereocenters. The lowest BCUT2D eigenvalue weighted by atomic mass is 10.1. The predicted octanol–water partition coefficient (Wildman–Crippen LogP) is 3.88. The van der Waals surface area contributed by atoms with Crippen LogP contribution in [0.15, 0.2) is 16.2 Å². The third kappa shape index (κ3) is 3.48. The molecule has 0 saturated heterocycles. The minimum absolute atomic E-state index is 0.289. The minimum atomic E-state index is 0.289. The molecule has 0 radical (unpaired) electrons. The molecule has 4 nitrogen and oxygen atoms in total. The number of aromatic nitrogens is 3. The average Bonchev–Trinajstić information content (AvgIpc) is 2.97. The monoisotopic (exact) mass is 356 g/mol. The lowest BCUT2D eigenvalue weighted by Crippen LogP contribution is -2.24. The van der Waals surface area contributed by atoms with E-state index < -0.39 is 0 Å². The van der Waals surface area contributed by atoms with Gasteiger partial charge in [0, 0.05) is 23.4 Å². The van der Waals surface area contributed by atoms with Gasteiger partial charge in [0.2, 0.25) is 0 Å². The minimum Gasteiger partial charge on any atom is -0.309 e. The van der Waals surface area contributed by atoms with Crippen LogP contribution in [0.4, 0.5) is 0 Å². The molecule has 0 saturated carbocycles. The fourth-order valence-corrected chi connectivity index (χ4v) is 3.86. The van der Waals surface area contributed by atoms with Crippen molar-refractivity contribution in [2.24, 2.45) is 0 Å². The van der Waals surface area contributed by atoms with Crippen LogP contribution in [0.3, 0.4) is 0 Å². The average molecular weight is 357 g/mol. The van der Waals surface area contributed by atoms with Crippen molar-refractivity contribution >= 4 is 27.3 Å². The van der Waals surface area contributed by atoms with Gasteiger partial charge >= 0.3 is 0 Å². The lowest BCUT2D eigenvalue weighted by Gasteiger charge is -2.17. The highest BCUT2D eigenvalue weighted by atomic mass is 79.9. The summed E-state index contributed by atoms with van der Waals surface area (Å²) in [6.07, 6.45) is 2.51. The van der Waals surface area contributed by atoms with Crippen molar-refractivity contribution in [2.45, 2.75) is 46.2 Å². The molecule has 0 aliphatic carbocycles. The summed E-state index contributed by atoms with van der Waals surface area (Å²) in [5, 5.41) is 7.87. The first-order valence-electron chi connectivity index (χ1n) is 6.90. The van der Waals surface area contributed by atoms with Gasteiger partial charge in [-0.15, -0.1) is 11.3 Å². The fraction of sp³-hybridized carbons (Fsp3) is 0.571. The molecular formula is C14H21BrN4S. The first-order chi connectivity index (χ1) is 9.52. The molecule has 1 N–H and O–H groups in total. The molecule has 0 spiro atoms. The molecule has 110 valence electrons. The van der Waals surface area contributed by atoms with E-state index >= 15 is 0 Å². The van der Waals surface area contributed by atoms with Crippen LogP contribution >= 0.6 is 27.3 Å². The van der Waals surface area contributed by atoms with Crippen LogP contribution in [0.5, 0.6) is 0 Å². The van der Waals surface area contributed by atoms with Crippen LogP contribution in [-0.4, -0.2) is 21.3 Å². The topological polar surface area (TPSA) is 42.7 Å². The Hall–Kier alpha value is -0.720. The van der Waals surface area contributed by atoms with Crippen LogP contribution in [0.2, 0.25) is 0 Å². The van der Waals surface area contributed by atoms with Gasteiger partial charge in [-0.3, -0.25) is 0 Å². The van der Waals surface area contributed by atoms with Gasteiger partial charge in [0.05, 0.1) is 3.79 Å². The van der Waals surface area contributed by atoms with Crippen LogP contribution in [0, 0.1) is 6.92 Å². The number of rotatable bonds is 6. The van der Waals surface area contributed by atoms with Gasteiger partial charge in [0.1, 0.15) is 12.2 Å². The second-order valence-electron chi connectivity index (χ2n) is 5.13. The Balaban J connectivity index is 2.23. The Morgan fingerprint density at radius 1 is 1.45 bits per heavy atom. The fourth-order valence-electron chi connectivity index (χ4n) is 2.21. The van der Waals surface area contributed by atoms with E-state index in [1.54, 1.807) is 17.7 Å². The normalized spacial score (nSPS) is 13.1. The van der Waals surface area contributed by atoms with E-state index in [0.717, 1.165) is 18.8 Å². The maximum absolute atomic E-state index is 4.42. The number of nitrogens with one attached hydrogen (secondary N) is 1. The Morgan fingerprint density at radius 2 is 2.20 bits per heavy atom. The Morgan fingerprint density at radius 3 is 2.75 bits per heavy atom. The van der Waals surface area contributed by atoms with Gasteiger partial charge in [-0.05, 0) is 54.9 Å². The van der Waals surface area contributed by atoms with Crippen LogP contribution in [0.1, 0.15) is 49.1 Å². The number of nitrogens with zero attached hydrogens (tertiary/aromatic N) is 3. The molecule has 0 amide bonds. The molecule has 0 fully saturated rings. The molecule has 2 aromatic heterocycles. The van der Waals surface area contributed by atoms with E-state index in [2.05, 4.69) is 65.1 Å². The number of hydrogen-bond acceptors (Lipinski definition) is 4. The molecular weight excluding hydrogens is 336 g/mol. The molecule has 2 heterocycles. The predicted molar refractivity (Wildman–Crippen MR) is 87.3 cm³/mol. The van der Waals surface area contributed by atoms with Gasteiger partial charge in [0.15, 0.2) is 0 Å². The van der Waals surface area contributed by atoms with Gasteiger partial charge in [-0.2, -0.15) is 5.10 Å². The van der Waals surface area contributed by atoms with E-state index in [0.29, 0.717) is 6.04 Å². The maximum atomic E-state index is 4.42. The summed E-state index contributed by atoms with van der Waals surface area (Å²) in [5.74, 6) is 1.04. The van der Waals surface area contributed by atoms with Crippen molar-refractivity contribution in [1.29, 1.82) is 0 Å². The van der Waals surface area contributed by atoms with Gasteiger partial charge in [-0.1, -0.05) is 6.92 Å². The van der Waals surface area contributed by atoms with E-state index in [-0.39, 0.29) is 6.04 Å². The SMILES string of the molecule is CCNC(Cc1ncnn1C(C)C)c1cc(C)c(Br)s1. The van der Waals surface area contributed by atoms with E-state index in [1.165, 1.54) is 14.2 Å². The molecule has 0 aromatic carbocycles. The molecule has 0 bridgehead atoms. The molecule has 20 heavy (non-hydrogen) atoms. The first kappa shape index (κ1) is 15.7. The van der Waals surface area contributed by atoms with Crippen molar-refractivity contribution in [3.05, 3.63) is 32.4 Å². The van der Waals surface area contributed by atoms with Crippen LogP contribution in [0.25, 0.3) is 0 Å².